The summed E-state index contributed by atoms with van der Waals surface area (Å²) in [4.78, 5) is 3.14. The molecule has 2 aromatic rings. The van der Waals surface area contributed by atoms with Crippen LogP contribution in [-0.2, 0) is 26.0 Å². The van der Waals surface area contributed by atoms with Crippen molar-refractivity contribution in [1.82, 2.24) is 4.98 Å². The van der Waals surface area contributed by atoms with Crippen LogP contribution in [0.5, 0.6) is 0 Å². The first kappa shape index (κ1) is 14.3. The molecule has 0 bridgehead atoms. The van der Waals surface area contributed by atoms with Crippen LogP contribution in [0.3, 0.4) is 0 Å². The predicted octanol–water partition coefficient (Wildman–Crippen LogP) is 4.64. The molecule has 0 amide bonds. The molecule has 1 aromatic heterocycles. The molecule has 0 saturated carbocycles. The number of hydrogen-bond donors (Lipinski definition) is 1. The first-order valence-electron chi connectivity index (χ1n) is 4.94. The molecule has 0 aliphatic rings. The Bertz CT molecular complexity index is 445. The summed E-state index contributed by atoms with van der Waals surface area (Å²) in [6.07, 6.45) is 1.86. The first-order chi connectivity index (χ1) is 7.49. The normalized spacial score (nSPS) is 10.8. The Morgan fingerprint density at radius 2 is 1.88 bits per heavy atom. The number of fused-ring (bicyclic) bond motifs is 1. The molecular weight excluding hydrogens is 408 g/mol. The van der Waals surface area contributed by atoms with E-state index in [0.29, 0.717) is 0 Å². The molecule has 1 aromatic carbocycles. The fraction of sp³-hybridized carbons (Fsp3) is 0.333. The molecule has 0 aliphatic carbocycles. The van der Waals surface area contributed by atoms with Gasteiger partial charge in [-0.2, -0.15) is 0 Å². The van der Waals surface area contributed by atoms with Crippen LogP contribution in [0, 0.1) is 6.07 Å². The van der Waals surface area contributed by atoms with Gasteiger partial charge in [0, 0.05) is 23.2 Å². The quantitative estimate of drug-likeness (QED) is 0.597. The zero-order chi connectivity index (χ0) is 12.2. The van der Waals surface area contributed by atoms with Gasteiger partial charge < -0.3 is 4.98 Å². The predicted molar refractivity (Wildman–Crippen MR) is 67.5 cm³/mol. The first-order valence-corrected chi connectivity index (χ1v) is 13.8. The van der Waals surface area contributed by atoms with E-state index >= 15 is 0 Å². The maximum atomic E-state index is 4.96. The van der Waals surface area contributed by atoms with Gasteiger partial charge in [-0.25, -0.2) is 0 Å². The Labute approximate surface area is 115 Å². The van der Waals surface area contributed by atoms with Crippen molar-refractivity contribution in [1.29, 1.82) is 0 Å². The van der Waals surface area contributed by atoms with Crippen LogP contribution < -0.4 is 0 Å². The number of rotatable bonds is 0. The summed E-state index contributed by atoms with van der Waals surface area (Å²) < 4.78 is 0. The molecule has 85 valence electrons. The van der Waals surface area contributed by atoms with Crippen LogP contribution in [0.4, 0.5) is 0 Å². The molecule has 0 unspecified atom stereocenters. The van der Waals surface area contributed by atoms with Crippen molar-refractivity contribution in [3.63, 3.8) is 0 Å². The van der Waals surface area contributed by atoms with E-state index in [1.807, 2.05) is 6.20 Å². The van der Waals surface area contributed by atoms with Gasteiger partial charge in [-0.3, -0.25) is 0 Å². The summed E-state index contributed by atoms with van der Waals surface area (Å²) in [5, 5.41) is 1.17. The van der Waals surface area contributed by atoms with E-state index in [1.54, 1.807) is 0 Å². The summed E-state index contributed by atoms with van der Waals surface area (Å²) >= 11 is -0.972. The molecule has 0 aliphatic heterocycles. The second-order valence-electron chi connectivity index (χ2n) is 4.51. The van der Waals surface area contributed by atoms with Crippen molar-refractivity contribution in [3.05, 3.63) is 36.0 Å². The van der Waals surface area contributed by atoms with Gasteiger partial charge in [0.1, 0.15) is 0 Å². The van der Waals surface area contributed by atoms with E-state index in [9.17, 15) is 0 Å². The third-order valence-corrected chi connectivity index (χ3v) is 2.34. The second kappa shape index (κ2) is 6.23. The molecule has 16 heavy (non-hydrogen) atoms. The van der Waals surface area contributed by atoms with E-state index in [-0.39, 0.29) is 5.41 Å². The van der Waals surface area contributed by atoms with Gasteiger partial charge in [-0.05, 0) is 23.1 Å². The van der Waals surface area contributed by atoms with Crippen molar-refractivity contribution in [2.45, 2.75) is 26.2 Å². The van der Waals surface area contributed by atoms with Crippen LogP contribution in [0.1, 0.15) is 26.3 Å². The Morgan fingerprint density at radius 1 is 1.25 bits per heavy atom. The SMILES string of the molecule is CC(C)(C)c1ccc2[nH]c[c]c2c1.[Cl][Hf][Cl]. The Balaban J connectivity index is 0.000000386. The minimum atomic E-state index is -0.972. The van der Waals surface area contributed by atoms with E-state index in [1.165, 1.54) is 10.9 Å². The number of benzene rings is 1. The Hall–Kier alpha value is 0.210. The molecule has 0 atom stereocenters. The van der Waals surface area contributed by atoms with Crippen molar-refractivity contribution in [2.75, 3.05) is 0 Å². The van der Waals surface area contributed by atoms with Crippen molar-refractivity contribution in [2.24, 2.45) is 0 Å². The molecule has 2 rings (SSSR count). The van der Waals surface area contributed by atoms with Crippen LogP contribution in [0.25, 0.3) is 10.9 Å². The fourth-order valence-electron chi connectivity index (χ4n) is 1.45. The monoisotopic (exact) mass is 422 g/mol. The molecule has 0 spiro atoms. The van der Waals surface area contributed by atoms with E-state index in [2.05, 4.69) is 50.0 Å². The summed E-state index contributed by atoms with van der Waals surface area (Å²) in [5.41, 5.74) is 2.74. The molecular formula is C12H14Cl2HfN. The average Bonchev–Trinajstić information content (AvgIpc) is 2.63. The van der Waals surface area contributed by atoms with Crippen molar-refractivity contribution in [3.8, 4) is 0 Å². The van der Waals surface area contributed by atoms with Crippen LogP contribution >= 0.6 is 17.2 Å². The summed E-state index contributed by atoms with van der Waals surface area (Å²) in [6.45, 7) is 6.67. The number of halogens is 2. The van der Waals surface area contributed by atoms with Crippen LogP contribution in [0.15, 0.2) is 24.4 Å². The molecule has 1 heterocycles. The summed E-state index contributed by atoms with van der Waals surface area (Å²) in [6, 6.07) is 9.67. The van der Waals surface area contributed by atoms with Gasteiger partial charge in [-0.15, -0.1) is 0 Å². The fourth-order valence-corrected chi connectivity index (χ4v) is 1.45. The average molecular weight is 422 g/mol. The molecule has 1 N–H and O–H groups in total. The van der Waals surface area contributed by atoms with Crippen LogP contribution in [0.2, 0.25) is 0 Å². The number of aromatic amines is 1. The summed E-state index contributed by atoms with van der Waals surface area (Å²) in [5.74, 6) is 0. The topological polar surface area (TPSA) is 15.8 Å². The van der Waals surface area contributed by atoms with Crippen molar-refractivity contribution < 1.29 is 20.5 Å². The Morgan fingerprint density at radius 3 is 2.44 bits per heavy atom. The van der Waals surface area contributed by atoms with Gasteiger partial charge in [0.15, 0.2) is 0 Å². The molecule has 4 heteroatoms. The number of aromatic nitrogens is 1. The van der Waals surface area contributed by atoms with Gasteiger partial charge in [0.05, 0.1) is 0 Å². The molecule has 1 nitrogen and oxygen atoms in total. The zero-order valence-electron chi connectivity index (χ0n) is 9.57. The third kappa shape index (κ3) is 3.90. The number of hydrogen-bond acceptors (Lipinski definition) is 0. The maximum absolute atomic E-state index is 4.96. The molecule has 0 saturated heterocycles. The third-order valence-electron chi connectivity index (χ3n) is 2.34. The van der Waals surface area contributed by atoms with E-state index in [0.717, 1.165) is 5.52 Å². The van der Waals surface area contributed by atoms with E-state index in [4.69, 9.17) is 17.2 Å². The summed E-state index contributed by atoms with van der Waals surface area (Å²) in [7, 11) is 9.92. The van der Waals surface area contributed by atoms with Gasteiger partial charge in [-0.1, -0.05) is 26.8 Å². The van der Waals surface area contributed by atoms with Crippen LogP contribution in [-0.4, -0.2) is 4.98 Å². The molecule has 1 radical (unpaired) electrons. The van der Waals surface area contributed by atoms with Gasteiger partial charge in [0.25, 0.3) is 0 Å². The minimum absolute atomic E-state index is 0.222. The molecule has 0 fully saturated rings. The van der Waals surface area contributed by atoms with Gasteiger partial charge >= 0.3 is 37.7 Å². The zero-order valence-corrected chi connectivity index (χ0v) is 14.7. The Kier molecular flexibility index (Phi) is 5.55. The standard InChI is InChI=1S/C12H14N.2ClH.Hf/c1-12(2,3)10-4-5-11-9(8-10)6-7-13-11;;;/h4-5,7-8,13H,1-3H3;2*1H;/q;;;+2/p-2. The second-order valence-corrected chi connectivity index (χ2v) is 9.71. The van der Waals surface area contributed by atoms with Gasteiger partial charge in [0.2, 0.25) is 0 Å². The van der Waals surface area contributed by atoms with E-state index < -0.39 is 20.5 Å². The number of H-pyrrole nitrogens is 1. The van der Waals surface area contributed by atoms with Crippen molar-refractivity contribution >= 4 is 28.1 Å². The number of nitrogens with one attached hydrogen (secondary N) is 1.